The van der Waals surface area contributed by atoms with E-state index < -0.39 is 18.4 Å². The molecule has 0 aliphatic heterocycles. The zero-order valence-electron chi connectivity index (χ0n) is 9.50. The van der Waals surface area contributed by atoms with Gasteiger partial charge < -0.3 is 10.4 Å². The van der Waals surface area contributed by atoms with E-state index in [1.54, 1.807) is 6.92 Å². The number of nitrogens with one attached hydrogen (secondary N) is 2. The quantitative estimate of drug-likeness (QED) is 0.701. The molecule has 6 nitrogen and oxygen atoms in total. The predicted molar refractivity (Wildman–Crippen MR) is 57.4 cm³/mol. The molecule has 6 heteroatoms. The van der Waals surface area contributed by atoms with Crippen LogP contribution < -0.4 is 5.32 Å². The van der Waals surface area contributed by atoms with Crippen molar-refractivity contribution in [2.75, 3.05) is 6.54 Å². The van der Waals surface area contributed by atoms with Crippen molar-refractivity contribution in [2.45, 2.75) is 26.7 Å². The highest BCUT2D eigenvalue weighted by Gasteiger charge is 2.17. The minimum Gasteiger partial charge on any atom is -0.480 e. The molecule has 0 spiro atoms. The average molecular weight is 225 g/mol. The topological polar surface area (TPSA) is 95.1 Å². The van der Waals surface area contributed by atoms with Crippen LogP contribution in [0.5, 0.6) is 0 Å². The number of carbonyl (C=O) groups is 2. The Kier molecular flexibility index (Phi) is 3.65. The number of aromatic amines is 1. The van der Waals surface area contributed by atoms with Crippen molar-refractivity contribution in [1.29, 1.82) is 0 Å². The van der Waals surface area contributed by atoms with Gasteiger partial charge in [-0.1, -0.05) is 13.8 Å². The first kappa shape index (κ1) is 12.2. The van der Waals surface area contributed by atoms with Crippen LogP contribution in [0.25, 0.3) is 0 Å². The van der Waals surface area contributed by atoms with E-state index in [9.17, 15) is 9.59 Å². The summed E-state index contributed by atoms with van der Waals surface area (Å²) in [4.78, 5) is 21.8. The van der Waals surface area contributed by atoms with Crippen LogP contribution in [0, 0.1) is 6.92 Å². The lowest BCUT2D eigenvalue weighted by Gasteiger charge is -2.03. The Hall–Kier alpha value is -1.85. The van der Waals surface area contributed by atoms with Crippen LogP contribution in [0.1, 0.15) is 41.5 Å². The molecule has 1 rings (SSSR count). The maximum Gasteiger partial charge on any atom is 0.322 e. The van der Waals surface area contributed by atoms with Gasteiger partial charge in [0.05, 0.1) is 0 Å². The standard InChI is InChI=1S/C10H15N3O3/c1-5(2)8-6(3)9(13-12-8)10(16)11-4-7(14)15/h5H,4H2,1-3H3,(H,11,16)(H,12,13)(H,14,15). The second-order valence-corrected chi connectivity index (χ2v) is 3.84. The average Bonchev–Trinajstić information content (AvgIpc) is 2.56. The van der Waals surface area contributed by atoms with Gasteiger partial charge in [-0.05, 0) is 12.8 Å². The molecule has 1 aromatic heterocycles. The van der Waals surface area contributed by atoms with Crippen LogP contribution in [0.3, 0.4) is 0 Å². The van der Waals surface area contributed by atoms with Crippen LogP contribution >= 0.6 is 0 Å². The predicted octanol–water partition coefficient (Wildman–Crippen LogP) is 0.656. The lowest BCUT2D eigenvalue weighted by atomic mass is 10.1. The van der Waals surface area contributed by atoms with Gasteiger partial charge in [-0.2, -0.15) is 5.10 Å². The highest BCUT2D eigenvalue weighted by Crippen LogP contribution is 2.18. The molecule has 0 fully saturated rings. The lowest BCUT2D eigenvalue weighted by molar-refractivity contribution is -0.135. The molecule has 3 N–H and O–H groups in total. The van der Waals surface area contributed by atoms with Crippen LogP contribution in [-0.2, 0) is 4.79 Å². The summed E-state index contributed by atoms with van der Waals surface area (Å²) in [5.41, 5.74) is 1.91. The van der Waals surface area contributed by atoms with Crippen molar-refractivity contribution >= 4 is 11.9 Å². The van der Waals surface area contributed by atoms with Gasteiger partial charge in [0, 0.05) is 11.3 Å². The van der Waals surface area contributed by atoms with E-state index in [2.05, 4.69) is 15.5 Å². The molecule has 0 radical (unpaired) electrons. The number of rotatable bonds is 4. The molecule has 0 aromatic carbocycles. The fraction of sp³-hybridized carbons (Fsp3) is 0.500. The third kappa shape index (κ3) is 2.59. The summed E-state index contributed by atoms with van der Waals surface area (Å²) in [6, 6.07) is 0. The van der Waals surface area contributed by atoms with Gasteiger partial charge in [0.2, 0.25) is 0 Å². The van der Waals surface area contributed by atoms with E-state index in [1.165, 1.54) is 0 Å². The maximum absolute atomic E-state index is 11.5. The molecule has 1 heterocycles. The third-order valence-electron chi connectivity index (χ3n) is 2.24. The summed E-state index contributed by atoms with van der Waals surface area (Å²) in [5, 5.41) is 17.4. The Bertz CT molecular complexity index is 409. The number of hydrogen-bond donors (Lipinski definition) is 3. The number of carboxylic acids is 1. The number of carbonyl (C=O) groups excluding carboxylic acids is 1. The van der Waals surface area contributed by atoms with Crippen molar-refractivity contribution in [3.05, 3.63) is 17.0 Å². The second kappa shape index (κ2) is 4.78. The normalized spacial score (nSPS) is 10.5. The van der Waals surface area contributed by atoms with E-state index in [4.69, 9.17) is 5.11 Å². The first-order valence-electron chi connectivity index (χ1n) is 4.98. The molecular formula is C10H15N3O3. The molecule has 1 aromatic rings. The number of aromatic nitrogens is 2. The molecule has 0 bridgehead atoms. The smallest absolute Gasteiger partial charge is 0.322 e. The number of hydrogen-bond acceptors (Lipinski definition) is 3. The number of amides is 1. The Morgan fingerprint density at radius 3 is 2.56 bits per heavy atom. The van der Waals surface area contributed by atoms with Crippen molar-refractivity contribution < 1.29 is 14.7 Å². The van der Waals surface area contributed by atoms with Crippen LogP contribution in [-0.4, -0.2) is 33.7 Å². The minimum absolute atomic E-state index is 0.244. The number of carboxylic acid groups (broad SMARTS) is 1. The van der Waals surface area contributed by atoms with Crippen molar-refractivity contribution in [3.63, 3.8) is 0 Å². The van der Waals surface area contributed by atoms with Crippen LogP contribution in [0.2, 0.25) is 0 Å². The molecule has 0 aliphatic carbocycles. The first-order valence-corrected chi connectivity index (χ1v) is 4.98. The van der Waals surface area contributed by atoms with Crippen LogP contribution in [0.4, 0.5) is 0 Å². The van der Waals surface area contributed by atoms with Crippen molar-refractivity contribution in [1.82, 2.24) is 15.5 Å². The fourth-order valence-electron chi connectivity index (χ4n) is 1.43. The van der Waals surface area contributed by atoms with Crippen molar-refractivity contribution in [3.8, 4) is 0 Å². The number of aliphatic carboxylic acids is 1. The summed E-state index contributed by atoms with van der Waals surface area (Å²) in [5.74, 6) is -1.30. The summed E-state index contributed by atoms with van der Waals surface area (Å²) in [7, 11) is 0. The van der Waals surface area contributed by atoms with Gasteiger partial charge in [-0.3, -0.25) is 14.7 Å². The van der Waals surface area contributed by atoms with Crippen LogP contribution in [0.15, 0.2) is 0 Å². The number of H-pyrrole nitrogens is 1. The molecule has 0 atom stereocenters. The van der Waals surface area contributed by atoms with E-state index in [0.717, 1.165) is 11.3 Å². The van der Waals surface area contributed by atoms with Crippen molar-refractivity contribution in [2.24, 2.45) is 0 Å². The SMILES string of the molecule is Cc1c(C(=O)NCC(=O)O)n[nH]c1C(C)C. The van der Waals surface area contributed by atoms with E-state index in [1.807, 2.05) is 13.8 Å². The monoisotopic (exact) mass is 225 g/mol. The van der Waals surface area contributed by atoms with E-state index >= 15 is 0 Å². The highest BCUT2D eigenvalue weighted by molar-refractivity contribution is 5.95. The summed E-state index contributed by atoms with van der Waals surface area (Å²) < 4.78 is 0. The van der Waals surface area contributed by atoms with Gasteiger partial charge in [0.15, 0.2) is 5.69 Å². The molecule has 0 aliphatic rings. The molecular weight excluding hydrogens is 210 g/mol. The molecule has 0 saturated heterocycles. The molecule has 1 amide bonds. The first-order chi connectivity index (χ1) is 7.43. The zero-order valence-corrected chi connectivity index (χ0v) is 9.50. The second-order valence-electron chi connectivity index (χ2n) is 3.84. The van der Waals surface area contributed by atoms with Gasteiger partial charge in [-0.15, -0.1) is 0 Å². The van der Waals surface area contributed by atoms with Gasteiger partial charge >= 0.3 is 5.97 Å². The van der Waals surface area contributed by atoms with Gasteiger partial charge in [0.25, 0.3) is 5.91 Å². The third-order valence-corrected chi connectivity index (χ3v) is 2.24. The Morgan fingerprint density at radius 2 is 2.12 bits per heavy atom. The molecule has 16 heavy (non-hydrogen) atoms. The molecule has 88 valence electrons. The largest absolute Gasteiger partial charge is 0.480 e. The van der Waals surface area contributed by atoms with Gasteiger partial charge in [-0.25, -0.2) is 0 Å². The fourth-order valence-corrected chi connectivity index (χ4v) is 1.43. The maximum atomic E-state index is 11.5. The Labute approximate surface area is 93.1 Å². The Balaban J connectivity index is 2.80. The van der Waals surface area contributed by atoms with E-state index in [-0.39, 0.29) is 11.6 Å². The highest BCUT2D eigenvalue weighted by atomic mass is 16.4. The van der Waals surface area contributed by atoms with E-state index in [0.29, 0.717) is 0 Å². The van der Waals surface area contributed by atoms with Gasteiger partial charge in [0.1, 0.15) is 6.54 Å². The molecule has 0 saturated carbocycles. The number of nitrogens with zero attached hydrogens (tertiary/aromatic N) is 1. The zero-order chi connectivity index (χ0) is 12.3. The lowest BCUT2D eigenvalue weighted by Crippen LogP contribution is -2.30. The minimum atomic E-state index is -1.08. The summed E-state index contributed by atoms with van der Waals surface area (Å²) >= 11 is 0. The summed E-state index contributed by atoms with van der Waals surface area (Å²) in [6.07, 6.45) is 0. The Morgan fingerprint density at radius 1 is 1.50 bits per heavy atom. The summed E-state index contributed by atoms with van der Waals surface area (Å²) in [6.45, 7) is 5.36. The molecule has 0 unspecified atom stereocenters.